The maximum absolute atomic E-state index is 13.7. The monoisotopic (exact) mass is 539 g/mol. The first-order chi connectivity index (χ1) is 16.8. The van der Waals surface area contributed by atoms with Gasteiger partial charge in [-0.2, -0.15) is 0 Å². The summed E-state index contributed by atoms with van der Waals surface area (Å²) in [6.45, 7) is 0. The number of aromatic hydroxyl groups is 1. The predicted octanol–water partition coefficient (Wildman–Crippen LogP) is 4.12. The first-order valence-electron chi connectivity index (χ1n) is 10.5. The minimum Gasteiger partial charge on any atom is -0.503 e. The van der Waals surface area contributed by atoms with Gasteiger partial charge in [-0.1, -0.05) is 18.2 Å². The topological polar surface area (TPSA) is 122 Å². The molecule has 11 heteroatoms. The number of benzene rings is 3. The number of amides is 2. The molecule has 2 saturated heterocycles. The fourth-order valence-corrected chi connectivity index (χ4v) is 4.91. The average molecular weight is 540 g/mol. The van der Waals surface area contributed by atoms with Gasteiger partial charge in [0.1, 0.15) is 5.92 Å². The van der Waals surface area contributed by atoms with Crippen LogP contribution in [0.3, 0.4) is 0 Å². The number of para-hydroxylation sites is 1. The van der Waals surface area contributed by atoms with Gasteiger partial charge < -0.3 is 9.84 Å². The second-order valence-electron chi connectivity index (χ2n) is 8.00. The van der Waals surface area contributed by atoms with Gasteiger partial charge >= 0.3 is 0 Å². The van der Waals surface area contributed by atoms with Crippen LogP contribution in [-0.2, 0) is 14.4 Å². The van der Waals surface area contributed by atoms with Crippen molar-refractivity contribution in [2.24, 2.45) is 5.92 Å². The molecule has 0 unspecified atom stereocenters. The van der Waals surface area contributed by atoms with E-state index in [1.54, 1.807) is 24.3 Å². The molecule has 0 bridgehead atoms. The molecule has 3 atom stereocenters. The number of halogens is 1. The Balaban J connectivity index is 1.59. The number of phenols is 1. The van der Waals surface area contributed by atoms with E-state index < -0.39 is 34.8 Å². The number of fused-ring (bicyclic) bond motifs is 1. The molecule has 0 saturated carbocycles. The van der Waals surface area contributed by atoms with Gasteiger partial charge in [0.2, 0.25) is 5.91 Å². The normalized spacial score (nSPS) is 21.4. The fourth-order valence-electron chi connectivity index (χ4n) is 4.45. The van der Waals surface area contributed by atoms with E-state index in [1.807, 2.05) is 18.2 Å². The largest absolute Gasteiger partial charge is 0.503 e. The summed E-state index contributed by atoms with van der Waals surface area (Å²) >= 11 is 3.32. The Morgan fingerprint density at radius 3 is 2.34 bits per heavy atom. The van der Waals surface area contributed by atoms with E-state index in [1.165, 1.54) is 36.4 Å². The Morgan fingerprint density at radius 2 is 1.71 bits per heavy atom. The second kappa shape index (κ2) is 8.67. The summed E-state index contributed by atoms with van der Waals surface area (Å²) in [4.78, 5) is 44.5. The smallest absolute Gasteiger partial charge is 0.269 e. The molecule has 2 heterocycles. The van der Waals surface area contributed by atoms with Crippen molar-refractivity contribution in [2.75, 3.05) is 17.1 Å². The third-order valence-electron chi connectivity index (χ3n) is 6.06. The molecular formula is C24H18BrN3O7. The molecule has 3 aromatic carbocycles. The zero-order valence-electron chi connectivity index (χ0n) is 18.2. The molecule has 178 valence electrons. The van der Waals surface area contributed by atoms with E-state index >= 15 is 0 Å². The summed E-state index contributed by atoms with van der Waals surface area (Å²) in [6, 6.07) is 16.8. The summed E-state index contributed by atoms with van der Waals surface area (Å²) in [5, 5.41) is 22.8. The molecule has 0 aromatic heterocycles. The van der Waals surface area contributed by atoms with E-state index in [0.29, 0.717) is 15.7 Å². The van der Waals surface area contributed by atoms with Crippen LogP contribution >= 0.6 is 15.9 Å². The van der Waals surface area contributed by atoms with Gasteiger partial charge in [-0.3, -0.25) is 24.5 Å². The van der Waals surface area contributed by atoms with Crippen molar-refractivity contribution < 1.29 is 29.2 Å². The summed E-state index contributed by atoms with van der Waals surface area (Å²) in [5.41, 5.74) is 1.28. The number of methoxy groups -OCH3 is 1. The van der Waals surface area contributed by atoms with Crippen LogP contribution in [0.5, 0.6) is 11.5 Å². The summed E-state index contributed by atoms with van der Waals surface area (Å²) in [5.74, 6) is -1.89. The molecule has 35 heavy (non-hydrogen) atoms. The number of non-ortho nitro benzene ring substituents is 1. The van der Waals surface area contributed by atoms with E-state index in [2.05, 4.69) is 15.9 Å². The first-order valence-corrected chi connectivity index (χ1v) is 11.3. The Hall–Kier alpha value is -3.96. The lowest BCUT2D eigenvalue weighted by atomic mass is 9.90. The van der Waals surface area contributed by atoms with E-state index in [9.17, 15) is 24.8 Å². The number of hydroxylamine groups is 1. The van der Waals surface area contributed by atoms with E-state index in [-0.39, 0.29) is 22.9 Å². The third kappa shape index (κ3) is 3.69. The molecular weight excluding hydrogens is 522 g/mol. The molecule has 2 aliphatic rings. The number of imide groups is 1. The zero-order chi connectivity index (χ0) is 24.9. The van der Waals surface area contributed by atoms with Gasteiger partial charge in [0.05, 0.1) is 33.9 Å². The van der Waals surface area contributed by atoms with Crippen molar-refractivity contribution in [3.63, 3.8) is 0 Å². The van der Waals surface area contributed by atoms with E-state index in [4.69, 9.17) is 9.57 Å². The number of nitro groups is 1. The maximum atomic E-state index is 13.7. The molecule has 0 aliphatic carbocycles. The number of hydrogen-bond donors (Lipinski definition) is 1. The van der Waals surface area contributed by atoms with Gasteiger partial charge in [0.25, 0.3) is 11.6 Å². The van der Waals surface area contributed by atoms with Crippen LogP contribution in [0, 0.1) is 16.0 Å². The highest BCUT2D eigenvalue weighted by atomic mass is 79.9. The molecule has 5 rings (SSSR count). The lowest BCUT2D eigenvalue weighted by molar-refractivity contribution is -0.384. The second-order valence-corrected chi connectivity index (χ2v) is 8.85. The number of nitrogens with zero attached hydrogens (tertiary/aromatic N) is 3. The van der Waals surface area contributed by atoms with Crippen molar-refractivity contribution in [2.45, 2.75) is 12.1 Å². The van der Waals surface area contributed by atoms with Gasteiger partial charge in [-0.05, 0) is 57.9 Å². The molecule has 3 aromatic rings. The maximum Gasteiger partial charge on any atom is 0.269 e. The molecule has 2 fully saturated rings. The Labute approximate surface area is 207 Å². The number of hydrogen-bond acceptors (Lipinski definition) is 8. The van der Waals surface area contributed by atoms with Crippen LogP contribution in [-0.4, -0.2) is 35.1 Å². The number of anilines is 2. The molecule has 0 radical (unpaired) electrons. The number of nitro benzene ring substituents is 1. The SMILES string of the molecule is COc1cc([C@H]2[C@H]3C(=O)N(c4ccc([N+](=O)[O-])cc4)C(=O)[C@@H]3ON2c2ccccc2)cc(Br)c1O. The van der Waals surface area contributed by atoms with Crippen molar-refractivity contribution in [1.29, 1.82) is 0 Å². The summed E-state index contributed by atoms with van der Waals surface area (Å²) in [6.07, 6.45) is -1.11. The minimum atomic E-state index is -1.11. The highest BCUT2D eigenvalue weighted by Crippen LogP contribution is 2.49. The average Bonchev–Trinajstić information content (AvgIpc) is 3.37. The van der Waals surface area contributed by atoms with Gasteiger partial charge in [-0.15, -0.1) is 0 Å². The lowest BCUT2D eigenvalue weighted by Crippen LogP contribution is -2.37. The minimum absolute atomic E-state index is 0.0979. The number of carbonyl (C=O) groups is 2. The zero-order valence-corrected chi connectivity index (χ0v) is 19.8. The first kappa shape index (κ1) is 22.8. The standard InChI is InChI=1S/C24H18BrN3O7/c1-34-18-12-13(11-17(25)21(18)29)20-19-22(35-27(20)15-5-3-2-4-6-15)24(31)26(23(19)30)14-7-9-16(10-8-14)28(32)33/h2-12,19-20,22,29H,1H3/t19-,20+,22-/m1/s1. The highest BCUT2D eigenvalue weighted by molar-refractivity contribution is 9.10. The number of phenolic OH excluding ortho intramolecular Hbond substituents is 1. The Morgan fingerprint density at radius 1 is 1.03 bits per heavy atom. The molecule has 2 aliphatic heterocycles. The molecule has 0 spiro atoms. The van der Waals surface area contributed by atoms with E-state index in [0.717, 1.165) is 4.90 Å². The van der Waals surface area contributed by atoms with Crippen LogP contribution in [0.1, 0.15) is 11.6 Å². The third-order valence-corrected chi connectivity index (χ3v) is 6.66. The van der Waals surface area contributed by atoms with Crippen LogP contribution in [0.25, 0.3) is 0 Å². The molecule has 1 N–H and O–H groups in total. The lowest BCUT2D eigenvalue weighted by Gasteiger charge is -2.29. The van der Waals surface area contributed by atoms with Crippen molar-refractivity contribution in [1.82, 2.24) is 0 Å². The Kier molecular flexibility index (Phi) is 5.65. The molecule has 10 nitrogen and oxygen atoms in total. The van der Waals surface area contributed by atoms with Crippen molar-refractivity contribution in [3.8, 4) is 11.5 Å². The molecule has 2 amide bonds. The van der Waals surface area contributed by atoms with Gasteiger partial charge in [0, 0.05) is 12.1 Å². The highest BCUT2D eigenvalue weighted by Gasteiger charge is 2.60. The van der Waals surface area contributed by atoms with Gasteiger partial charge in [0.15, 0.2) is 17.6 Å². The van der Waals surface area contributed by atoms with Crippen LogP contribution in [0.4, 0.5) is 17.1 Å². The number of carbonyl (C=O) groups excluding carboxylic acids is 2. The van der Waals surface area contributed by atoms with Crippen molar-refractivity contribution >= 4 is 44.8 Å². The predicted molar refractivity (Wildman–Crippen MR) is 128 cm³/mol. The summed E-state index contributed by atoms with van der Waals surface area (Å²) < 4.78 is 5.64. The van der Waals surface area contributed by atoms with Crippen LogP contribution in [0.2, 0.25) is 0 Å². The van der Waals surface area contributed by atoms with Gasteiger partial charge in [-0.25, -0.2) is 9.96 Å². The van der Waals surface area contributed by atoms with Crippen LogP contribution < -0.4 is 14.7 Å². The number of rotatable bonds is 5. The Bertz CT molecular complexity index is 1330. The number of ether oxygens (including phenoxy) is 1. The van der Waals surface area contributed by atoms with Crippen LogP contribution in [0.15, 0.2) is 71.2 Å². The summed E-state index contributed by atoms with van der Waals surface area (Å²) in [7, 11) is 1.41. The fraction of sp³-hybridized carbons (Fsp3) is 0.167. The van der Waals surface area contributed by atoms with Crippen molar-refractivity contribution in [3.05, 3.63) is 86.9 Å². The quantitative estimate of drug-likeness (QED) is 0.291.